The van der Waals surface area contributed by atoms with Crippen molar-refractivity contribution in [3.63, 3.8) is 0 Å². The van der Waals surface area contributed by atoms with Crippen LogP contribution in [-0.2, 0) is 16.4 Å². The highest BCUT2D eigenvalue weighted by atomic mass is 19.4. The third kappa shape index (κ3) is 4.62. The van der Waals surface area contributed by atoms with E-state index in [9.17, 15) is 23.2 Å². The van der Waals surface area contributed by atoms with Gasteiger partial charge in [-0.1, -0.05) is 18.2 Å². The van der Waals surface area contributed by atoms with Crippen molar-refractivity contribution < 1.29 is 18.0 Å². The van der Waals surface area contributed by atoms with Gasteiger partial charge >= 0.3 is 6.18 Å². The molecule has 0 unspecified atom stereocenters. The standard InChI is InChI=1S/C22H21F3N4O/c1-21(2,14-26)16-5-7-17(8-6-16)28-20(30)15-9-12-29(13-10-15)19-18(22(23,24)25)4-3-11-27-19/h3-9,11H,10,12-13H2,1-2H3,(H,28,30). The summed E-state index contributed by atoms with van der Waals surface area (Å²) in [5.74, 6) is -0.421. The number of anilines is 2. The fraction of sp³-hybridized carbons (Fsp3) is 0.318. The van der Waals surface area contributed by atoms with E-state index >= 15 is 0 Å². The van der Waals surface area contributed by atoms with E-state index in [0.29, 0.717) is 17.7 Å². The maximum atomic E-state index is 13.2. The Morgan fingerprint density at radius 3 is 2.47 bits per heavy atom. The molecule has 0 radical (unpaired) electrons. The van der Waals surface area contributed by atoms with Crippen LogP contribution >= 0.6 is 0 Å². The van der Waals surface area contributed by atoms with E-state index in [1.807, 2.05) is 13.8 Å². The summed E-state index contributed by atoms with van der Waals surface area (Å²) in [5.41, 5.74) is 0.527. The second-order valence-corrected chi connectivity index (χ2v) is 7.57. The molecule has 30 heavy (non-hydrogen) atoms. The second kappa shape index (κ2) is 8.19. The van der Waals surface area contributed by atoms with Crippen molar-refractivity contribution in [2.75, 3.05) is 23.3 Å². The molecule has 1 N–H and O–H groups in total. The summed E-state index contributed by atoms with van der Waals surface area (Å²) in [6.07, 6.45) is -1.23. The van der Waals surface area contributed by atoms with Crippen LogP contribution in [0.25, 0.3) is 0 Å². The molecular formula is C22H21F3N4O. The zero-order valence-electron chi connectivity index (χ0n) is 16.6. The minimum absolute atomic E-state index is 0.128. The number of hydrogen-bond acceptors (Lipinski definition) is 4. The molecule has 1 aromatic carbocycles. The molecule has 1 amide bonds. The molecule has 0 bridgehead atoms. The number of hydrogen-bond donors (Lipinski definition) is 1. The SMILES string of the molecule is CC(C)(C#N)c1ccc(NC(=O)C2=CCN(c3ncccc3C(F)(F)F)CC2)cc1. The van der Waals surface area contributed by atoms with Gasteiger partial charge in [0.2, 0.25) is 0 Å². The lowest BCUT2D eigenvalue weighted by Gasteiger charge is -2.29. The maximum Gasteiger partial charge on any atom is 0.419 e. The van der Waals surface area contributed by atoms with Gasteiger partial charge in [0.15, 0.2) is 0 Å². The number of rotatable bonds is 4. The van der Waals surface area contributed by atoms with Crippen molar-refractivity contribution in [1.82, 2.24) is 4.98 Å². The Morgan fingerprint density at radius 1 is 1.20 bits per heavy atom. The average molecular weight is 414 g/mol. The quantitative estimate of drug-likeness (QED) is 0.789. The van der Waals surface area contributed by atoms with Crippen LogP contribution in [0.15, 0.2) is 54.2 Å². The number of nitrogens with zero attached hydrogens (tertiary/aromatic N) is 3. The molecule has 5 nitrogen and oxygen atoms in total. The highest BCUT2D eigenvalue weighted by Crippen LogP contribution is 2.35. The van der Waals surface area contributed by atoms with Crippen molar-refractivity contribution in [2.45, 2.75) is 31.9 Å². The molecule has 8 heteroatoms. The lowest BCUT2D eigenvalue weighted by Crippen LogP contribution is -2.33. The van der Waals surface area contributed by atoms with Crippen molar-refractivity contribution in [2.24, 2.45) is 0 Å². The Balaban J connectivity index is 1.68. The largest absolute Gasteiger partial charge is 0.419 e. The Labute approximate surface area is 172 Å². The first-order chi connectivity index (χ1) is 14.1. The van der Waals surface area contributed by atoms with E-state index in [1.165, 1.54) is 17.2 Å². The molecule has 0 fully saturated rings. The van der Waals surface area contributed by atoms with Gasteiger partial charge in [0, 0.05) is 30.5 Å². The summed E-state index contributed by atoms with van der Waals surface area (Å²) in [6.45, 7) is 4.04. The molecular weight excluding hydrogens is 393 g/mol. The zero-order valence-corrected chi connectivity index (χ0v) is 16.6. The molecule has 1 aliphatic heterocycles. The highest BCUT2D eigenvalue weighted by molar-refractivity contribution is 6.04. The molecule has 1 aliphatic rings. The van der Waals surface area contributed by atoms with E-state index < -0.39 is 17.2 Å². The predicted octanol–water partition coefficient (Wildman–Crippen LogP) is 4.68. The molecule has 0 saturated carbocycles. The number of pyridine rings is 1. The minimum atomic E-state index is -4.49. The topological polar surface area (TPSA) is 69.0 Å². The first-order valence-corrected chi connectivity index (χ1v) is 9.41. The fourth-order valence-corrected chi connectivity index (χ4v) is 3.18. The Bertz CT molecular complexity index is 1000. The number of carbonyl (C=O) groups is 1. The molecule has 0 spiro atoms. The molecule has 3 rings (SSSR count). The maximum absolute atomic E-state index is 13.2. The van der Waals surface area contributed by atoms with Crippen LogP contribution in [0.4, 0.5) is 24.7 Å². The normalized spacial score (nSPS) is 14.7. The number of aromatic nitrogens is 1. The second-order valence-electron chi connectivity index (χ2n) is 7.57. The molecule has 156 valence electrons. The summed E-state index contributed by atoms with van der Waals surface area (Å²) in [7, 11) is 0. The van der Waals surface area contributed by atoms with Gasteiger partial charge in [-0.15, -0.1) is 0 Å². The predicted molar refractivity (Wildman–Crippen MR) is 108 cm³/mol. The van der Waals surface area contributed by atoms with Crippen LogP contribution in [0.3, 0.4) is 0 Å². The first kappa shape index (κ1) is 21.4. The molecule has 2 aromatic rings. The average Bonchev–Trinajstić information content (AvgIpc) is 2.73. The molecule has 0 atom stereocenters. The fourth-order valence-electron chi connectivity index (χ4n) is 3.18. The smallest absolute Gasteiger partial charge is 0.352 e. The summed E-state index contributed by atoms with van der Waals surface area (Å²) in [6, 6.07) is 11.5. The Hall–Kier alpha value is -3.34. The number of carbonyl (C=O) groups excluding carboxylic acids is 1. The lowest BCUT2D eigenvalue weighted by atomic mass is 9.86. The number of nitrogens with one attached hydrogen (secondary N) is 1. The molecule has 0 saturated heterocycles. The van der Waals surface area contributed by atoms with Crippen LogP contribution < -0.4 is 10.2 Å². The van der Waals surface area contributed by atoms with Gasteiger partial charge in [0.25, 0.3) is 5.91 Å². The lowest BCUT2D eigenvalue weighted by molar-refractivity contribution is -0.137. The van der Waals surface area contributed by atoms with Crippen molar-refractivity contribution in [1.29, 1.82) is 5.26 Å². The summed E-state index contributed by atoms with van der Waals surface area (Å²) < 4.78 is 39.6. The zero-order chi connectivity index (χ0) is 21.9. The number of alkyl halides is 3. The number of halogens is 3. The van der Waals surface area contributed by atoms with E-state index in [4.69, 9.17) is 0 Å². The van der Waals surface area contributed by atoms with Gasteiger partial charge in [-0.2, -0.15) is 18.4 Å². The van der Waals surface area contributed by atoms with Crippen LogP contribution in [0.5, 0.6) is 0 Å². The van der Waals surface area contributed by atoms with Crippen molar-refractivity contribution >= 4 is 17.4 Å². The van der Waals surface area contributed by atoms with Crippen molar-refractivity contribution in [3.8, 4) is 6.07 Å². The molecule has 0 aliphatic carbocycles. The van der Waals surface area contributed by atoms with E-state index in [2.05, 4.69) is 16.4 Å². The van der Waals surface area contributed by atoms with E-state index in [1.54, 1.807) is 30.3 Å². The minimum Gasteiger partial charge on any atom is -0.352 e. The van der Waals surface area contributed by atoms with Gasteiger partial charge in [0.1, 0.15) is 5.82 Å². The van der Waals surface area contributed by atoms with Gasteiger partial charge in [-0.25, -0.2) is 4.98 Å². The van der Waals surface area contributed by atoms with E-state index in [0.717, 1.165) is 11.6 Å². The van der Waals surface area contributed by atoms with Crippen LogP contribution in [0, 0.1) is 11.3 Å². The van der Waals surface area contributed by atoms with Crippen LogP contribution in [0.2, 0.25) is 0 Å². The third-order valence-corrected chi connectivity index (χ3v) is 5.04. The van der Waals surface area contributed by atoms with Gasteiger partial charge in [0.05, 0.1) is 17.0 Å². The Morgan fingerprint density at radius 2 is 1.90 bits per heavy atom. The Kier molecular flexibility index (Phi) is 5.83. The first-order valence-electron chi connectivity index (χ1n) is 9.41. The number of nitriles is 1. The summed E-state index contributed by atoms with van der Waals surface area (Å²) in [4.78, 5) is 17.9. The van der Waals surface area contributed by atoms with Crippen LogP contribution in [0.1, 0.15) is 31.4 Å². The van der Waals surface area contributed by atoms with Gasteiger partial charge in [-0.3, -0.25) is 4.79 Å². The van der Waals surface area contributed by atoms with E-state index in [-0.39, 0.29) is 24.8 Å². The molecule has 1 aromatic heterocycles. The van der Waals surface area contributed by atoms with Crippen molar-refractivity contribution in [3.05, 3.63) is 65.4 Å². The number of benzene rings is 1. The third-order valence-electron chi connectivity index (χ3n) is 5.04. The van der Waals surface area contributed by atoms with Gasteiger partial charge in [-0.05, 0) is 50.1 Å². The summed E-state index contributed by atoms with van der Waals surface area (Å²) in [5, 5.41) is 12.0. The van der Waals surface area contributed by atoms with Crippen LogP contribution in [-0.4, -0.2) is 24.0 Å². The summed E-state index contributed by atoms with van der Waals surface area (Å²) >= 11 is 0. The van der Waals surface area contributed by atoms with Gasteiger partial charge < -0.3 is 10.2 Å². The molecule has 2 heterocycles. The highest BCUT2D eigenvalue weighted by Gasteiger charge is 2.36. The monoisotopic (exact) mass is 414 g/mol. The number of amides is 1.